The summed E-state index contributed by atoms with van der Waals surface area (Å²) in [5.41, 5.74) is 2.31. The van der Waals surface area contributed by atoms with Gasteiger partial charge in [0.1, 0.15) is 12.4 Å². The minimum Gasteiger partial charge on any atom is -0.489 e. The Labute approximate surface area is 170 Å². The molecule has 0 heterocycles. The van der Waals surface area contributed by atoms with Crippen LogP contribution in [0.1, 0.15) is 11.1 Å². The van der Waals surface area contributed by atoms with Gasteiger partial charge in [-0.25, -0.2) is 8.42 Å². The smallest absolute Gasteiger partial charge is 0.248 e. The molecule has 5 nitrogen and oxygen atoms in total. The number of anilines is 1. The molecule has 6 heteroatoms. The topological polar surface area (TPSA) is 72.5 Å². The van der Waals surface area contributed by atoms with E-state index >= 15 is 0 Å². The van der Waals surface area contributed by atoms with Gasteiger partial charge in [-0.15, -0.1) is 0 Å². The van der Waals surface area contributed by atoms with Gasteiger partial charge in [0.15, 0.2) is 9.84 Å². The molecule has 148 valence electrons. The number of carbonyl (C=O) groups is 1. The van der Waals surface area contributed by atoms with Crippen LogP contribution in [0.15, 0.2) is 89.8 Å². The largest absolute Gasteiger partial charge is 0.489 e. The van der Waals surface area contributed by atoms with Crippen LogP contribution in [0.4, 0.5) is 5.69 Å². The number of amides is 1. The molecule has 0 saturated heterocycles. The van der Waals surface area contributed by atoms with Crippen molar-refractivity contribution >= 4 is 27.5 Å². The van der Waals surface area contributed by atoms with E-state index in [4.69, 9.17) is 4.74 Å². The fourth-order valence-corrected chi connectivity index (χ4v) is 3.28. The predicted octanol–water partition coefficient (Wildman–Crippen LogP) is 4.32. The first-order valence-corrected chi connectivity index (χ1v) is 10.9. The highest BCUT2D eigenvalue weighted by Crippen LogP contribution is 2.17. The van der Waals surface area contributed by atoms with E-state index in [1.54, 1.807) is 18.2 Å². The highest BCUT2D eigenvalue weighted by Gasteiger charge is 2.08. The Balaban J connectivity index is 1.61. The average Bonchev–Trinajstić information content (AvgIpc) is 2.71. The van der Waals surface area contributed by atoms with Gasteiger partial charge < -0.3 is 10.1 Å². The maximum Gasteiger partial charge on any atom is 0.248 e. The van der Waals surface area contributed by atoms with E-state index in [0.717, 1.165) is 17.4 Å². The predicted molar refractivity (Wildman–Crippen MR) is 114 cm³/mol. The van der Waals surface area contributed by atoms with Gasteiger partial charge >= 0.3 is 0 Å². The fourth-order valence-electron chi connectivity index (χ4n) is 2.61. The second-order valence-electron chi connectivity index (χ2n) is 6.47. The van der Waals surface area contributed by atoms with Gasteiger partial charge in [0.25, 0.3) is 0 Å². The van der Waals surface area contributed by atoms with Crippen LogP contribution in [-0.2, 0) is 21.2 Å². The molecular formula is C23H21NO4S. The minimum atomic E-state index is -3.33. The Kier molecular flexibility index (Phi) is 6.46. The van der Waals surface area contributed by atoms with E-state index in [1.807, 2.05) is 54.6 Å². The van der Waals surface area contributed by atoms with Gasteiger partial charge in [-0.05, 0) is 47.5 Å². The number of sulfone groups is 1. The number of carbonyl (C=O) groups excluding carboxylic acids is 1. The second kappa shape index (κ2) is 9.21. The summed E-state index contributed by atoms with van der Waals surface area (Å²) in [5, 5.41) is 2.66. The van der Waals surface area contributed by atoms with Gasteiger partial charge in [-0.3, -0.25) is 4.79 Å². The third kappa shape index (κ3) is 6.33. The van der Waals surface area contributed by atoms with Gasteiger partial charge in [0.2, 0.25) is 5.91 Å². The highest BCUT2D eigenvalue weighted by atomic mass is 32.2. The van der Waals surface area contributed by atoms with Gasteiger partial charge in [-0.2, -0.15) is 0 Å². The van der Waals surface area contributed by atoms with Crippen molar-refractivity contribution in [1.82, 2.24) is 0 Å². The Bertz CT molecular complexity index is 1120. The first-order valence-electron chi connectivity index (χ1n) is 8.96. The molecule has 1 N–H and O–H groups in total. The molecule has 1 amide bonds. The molecule has 0 fully saturated rings. The molecule has 0 aromatic heterocycles. The summed E-state index contributed by atoms with van der Waals surface area (Å²) in [4.78, 5) is 12.3. The molecule has 3 aromatic rings. The Hall–Kier alpha value is -3.38. The van der Waals surface area contributed by atoms with E-state index in [9.17, 15) is 13.2 Å². The molecule has 0 spiro atoms. The lowest BCUT2D eigenvalue weighted by atomic mass is 10.2. The van der Waals surface area contributed by atoms with Gasteiger partial charge in [-0.1, -0.05) is 48.5 Å². The number of hydrogen-bond donors (Lipinski definition) is 1. The summed E-state index contributed by atoms with van der Waals surface area (Å²) in [5.74, 6) is 0.350. The SMILES string of the molecule is CS(=O)(=O)c1cccc(NC(=O)/C=C\c2cccc(OCc3ccccc3)c2)c1. The molecule has 3 aromatic carbocycles. The molecule has 0 aliphatic carbocycles. The maximum absolute atomic E-state index is 12.2. The van der Waals surface area contributed by atoms with Crippen LogP contribution in [0.3, 0.4) is 0 Å². The number of hydrogen-bond acceptors (Lipinski definition) is 4. The van der Waals surface area contributed by atoms with E-state index in [-0.39, 0.29) is 10.8 Å². The summed E-state index contributed by atoms with van der Waals surface area (Å²) in [6.07, 6.45) is 4.19. The van der Waals surface area contributed by atoms with Crippen molar-refractivity contribution in [3.63, 3.8) is 0 Å². The summed E-state index contributed by atoms with van der Waals surface area (Å²) < 4.78 is 29.0. The van der Waals surface area contributed by atoms with E-state index in [1.165, 1.54) is 18.2 Å². The molecule has 0 radical (unpaired) electrons. The average molecular weight is 407 g/mol. The first-order chi connectivity index (χ1) is 13.9. The lowest BCUT2D eigenvalue weighted by molar-refractivity contribution is -0.111. The van der Waals surface area contributed by atoms with Crippen molar-refractivity contribution in [3.05, 3.63) is 96.1 Å². The maximum atomic E-state index is 12.2. The summed E-state index contributed by atoms with van der Waals surface area (Å²) in [6, 6.07) is 23.4. The highest BCUT2D eigenvalue weighted by molar-refractivity contribution is 7.90. The van der Waals surface area contributed by atoms with Crippen LogP contribution < -0.4 is 10.1 Å². The first kappa shape index (κ1) is 20.4. The number of nitrogens with one attached hydrogen (secondary N) is 1. The van der Waals surface area contributed by atoms with E-state index in [2.05, 4.69) is 5.32 Å². The fraction of sp³-hybridized carbons (Fsp3) is 0.0870. The molecule has 29 heavy (non-hydrogen) atoms. The summed E-state index contributed by atoms with van der Waals surface area (Å²) in [6.45, 7) is 0.463. The molecule has 0 bridgehead atoms. The molecule has 0 aliphatic rings. The zero-order chi connectivity index (χ0) is 20.7. The number of ether oxygens (including phenoxy) is 1. The normalized spacial score (nSPS) is 11.3. The molecular weight excluding hydrogens is 386 g/mol. The lowest BCUT2D eigenvalue weighted by Gasteiger charge is -2.07. The van der Waals surface area contributed by atoms with Crippen molar-refractivity contribution < 1.29 is 17.9 Å². The third-order valence-electron chi connectivity index (χ3n) is 4.06. The van der Waals surface area contributed by atoms with Crippen molar-refractivity contribution in [1.29, 1.82) is 0 Å². The number of rotatable bonds is 7. The number of benzene rings is 3. The third-order valence-corrected chi connectivity index (χ3v) is 5.17. The molecule has 0 unspecified atom stereocenters. The van der Waals surface area contributed by atoms with Gasteiger partial charge in [0, 0.05) is 18.0 Å². The standard InChI is InChI=1S/C23H21NO4S/c1-29(26,27)22-12-6-10-20(16-22)24-23(25)14-13-18-9-5-11-21(15-18)28-17-19-7-3-2-4-8-19/h2-16H,17H2,1H3,(H,24,25)/b14-13-. The monoisotopic (exact) mass is 407 g/mol. The van der Waals surface area contributed by atoms with Crippen LogP contribution in [0.2, 0.25) is 0 Å². The van der Waals surface area contributed by atoms with Crippen molar-refractivity contribution in [2.24, 2.45) is 0 Å². The molecule has 0 atom stereocenters. The van der Waals surface area contributed by atoms with Crippen LogP contribution in [-0.4, -0.2) is 20.6 Å². The summed E-state index contributed by atoms with van der Waals surface area (Å²) >= 11 is 0. The Morgan fingerprint density at radius 2 is 1.72 bits per heavy atom. The van der Waals surface area contributed by atoms with Crippen LogP contribution >= 0.6 is 0 Å². The van der Waals surface area contributed by atoms with Crippen molar-refractivity contribution in [3.8, 4) is 5.75 Å². The van der Waals surface area contributed by atoms with Crippen molar-refractivity contribution in [2.75, 3.05) is 11.6 Å². The zero-order valence-electron chi connectivity index (χ0n) is 15.9. The zero-order valence-corrected chi connectivity index (χ0v) is 16.7. The van der Waals surface area contributed by atoms with E-state index < -0.39 is 9.84 Å². The van der Waals surface area contributed by atoms with Crippen molar-refractivity contribution in [2.45, 2.75) is 11.5 Å². The van der Waals surface area contributed by atoms with Gasteiger partial charge in [0.05, 0.1) is 4.90 Å². The molecule has 0 saturated carbocycles. The minimum absolute atomic E-state index is 0.155. The molecule has 3 rings (SSSR count). The Morgan fingerprint density at radius 1 is 0.966 bits per heavy atom. The van der Waals surface area contributed by atoms with Crippen LogP contribution in [0.25, 0.3) is 6.08 Å². The Morgan fingerprint density at radius 3 is 2.48 bits per heavy atom. The molecule has 0 aliphatic heterocycles. The summed E-state index contributed by atoms with van der Waals surface area (Å²) in [7, 11) is -3.33. The second-order valence-corrected chi connectivity index (χ2v) is 8.49. The lowest BCUT2D eigenvalue weighted by Crippen LogP contribution is -2.08. The van der Waals surface area contributed by atoms with Crippen LogP contribution in [0.5, 0.6) is 5.75 Å². The van der Waals surface area contributed by atoms with Crippen LogP contribution in [0, 0.1) is 0 Å². The quantitative estimate of drug-likeness (QED) is 0.592. The van der Waals surface area contributed by atoms with E-state index in [0.29, 0.717) is 18.0 Å².